The number of carbonyl (C=O) groups is 2. The summed E-state index contributed by atoms with van der Waals surface area (Å²) >= 11 is 1.39. The number of nitrogens with zero attached hydrogens (tertiary/aromatic N) is 4. The minimum Gasteiger partial charge on any atom is -0.459 e. The van der Waals surface area contributed by atoms with Gasteiger partial charge in [0.05, 0.1) is 18.0 Å². The van der Waals surface area contributed by atoms with Crippen LogP contribution in [-0.4, -0.2) is 39.9 Å². The van der Waals surface area contributed by atoms with Gasteiger partial charge in [0.2, 0.25) is 11.9 Å². The third-order valence-corrected chi connectivity index (χ3v) is 6.17. The molecule has 9 heteroatoms. The highest BCUT2D eigenvalue weighted by Crippen LogP contribution is 2.22. The number of piperidine rings is 1. The minimum atomic E-state index is -0.203. The second kappa shape index (κ2) is 10.3. The maximum absolute atomic E-state index is 12.5. The largest absolute Gasteiger partial charge is 0.459 e. The summed E-state index contributed by atoms with van der Waals surface area (Å²) in [6.07, 6.45) is 5.04. The molecule has 166 valence electrons. The number of thiazole rings is 1. The number of nitrogens with one attached hydrogen (secondary N) is 1. The van der Waals surface area contributed by atoms with Crippen molar-refractivity contribution in [3.8, 4) is 0 Å². The first-order valence-corrected chi connectivity index (χ1v) is 11.4. The van der Waals surface area contributed by atoms with Crippen molar-refractivity contribution in [3.63, 3.8) is 0 Å². The summed E-state index contributed by atoms with van der Waals surface area (Å²) < 4.78 is 5.49. The van der Waals surface area contributed by atoms with Crippen LogP contribution in [0.5, 0.6) is 0 Å². The normalized spacial score (nSPS) is 14.2. The summed E-state index contributed by atoms with van der Waals surface area (Å²) in [5, 5.41) is 5.39. The van der Waals surface area contributed by atoms with Crippen LogP contribution in [0.25, 0.3) is 0 Å². The average molecular weight is 452 g/mol. The lowest BCUT2D eigenvalue weighted by atomic mass is 9.97. The van der Waals surface area contributed by atoms with Gasteiger partial charge in [0.25, 0.3) is 0 Å². The molecule has 0 aliphatic carbocycles. The Labute approximate surface area is 190 Å². The second-order valence-electron chi connectivity index (χ2n) is 7.74. The van der Waals surface area contributed by atoms with Crippen LogP contribution < -0.4 is 10.2 Å². The molecule has 1 aromatic carbocycles. The number of benzene rings is 1. The van der Waals surface area contributed by atoms with Crippen LogP contribution in [-0.2, 0) is 27.4 Å². The zero-order chi connectivity index (χ0) is 22.3. The SMILES string of the molecule is Cc1ccc(NC(=O)Cc2nc(COC(=O)C3CCN(c4ncccn4)CC3)cs2)cc1. The van der Waals surface area contributed by atoms with E-state index in [0.717, 1.165) is 24.3 Å². The van der Waals surface area contributed by atoms with E-state index in [1.165, 1.54) is 11.3 Å². The monoisotopic (exact) mass is 451 g/mol. The fraction of sp³-hybridized carbons (Fsp3) is 0.348. The number of anilines is 2. The number of ether oxygens (including phenoxy) is 1. The molecule has 1 saturated heterocycles. The van der Waals surface area contributed by atoms with Crippen molar-refractivity contribution in [2.75, 3.05) is 23.3 Å². The van der Waals surface area contributed by atoms with E-state index in [4.69, 9.17) is 4.74 Å². The zero-order valence-corrected chi connectivity index (χ0v) is 18.7. The number of amides is 1. The lowest BCUT2D eigenvalue weighted by molar-refractivity contribution is -0.150. The number of rotatable bonds is 7. The molecule has 0 spiro atoms. The van der Waals surface area contributed by atoms with Gasteiger partial charge in [-0.25, -0.2) is 15.0 Å². The Hall–Kier alpha value is -3.33. The van der Waals surface area contributed by atoms with Crippen molar-refractivity contribution in [2.45, 2.75) is 32.8 Å². The van der Waals surface area contributed by atoms with E-state index < -0.39 is 0 Å². The van der Waals surface area contributed by atoms with Gasteiger partial charge in [0.1, 0.15) is 11.6 Å². The molecule has 0 radical (unpaired) electrons. The van der Waals surface area contributed by atoms with E-state index in [9.17, 15) is 9.59 Å². The van der Waals surface area contributed by atoms with E-state index in [2.05, 4.69) is 25.2 Å². The molecule has 0 atom stereocenters. The minimum absolute atomic E-state index is 0.122. The molecule has 4 rings (SSSR count). The number of hydrogen-bond donors (Lipinski definition) is 1. The lowest BCUT2D eigenvalue weighted by Crippen LogP contribution is -2.37. The summed E-state index contributed by atoms with van der Waals surface area (Å²) in [4.78, 5) is 39.7. The lowest BCUT2D eigenvalue weighted by Gasteiger charge is -2.30. The number of carbonyl (C=O) groups excluding carboxylic acids is 2. The van der Waals surface area contributed by atoms with Gasteiger partial charge in [0.15, 0.2) is 0 Å². The van der Waals surface area contributed by atoms with Crippen molar-refractivity contribution >= 4 is 34.8 Å². The van der Waals surface area contributed by atoms with E-state index in [-0.39, 0.29) is 30.8 Å². The number of aromatic nitrogens is 3. The van der Waals surface area contributed by atoms with Crippen molar-refractivity contribution in [3.05, 3.63) is 64.4 Å². The predicted molar refractivity (Wildman–Crippen MR) is 122 cm³/mol. The highest BCUT2D eigenvalue weighted by Gasteiger charge is 2.27. The topological polar surface area (TPSA) is 97.3 Å². The second-order valence-corrected chi connectivity index (χ2v) is 8.68. The zero-order valence-electron chi connectivity index (χ0n) is 17.9. The fourth-order valence-electron chi connectivity index (χ4n) is 3.51. The van der Waals surface area contributed by atoms with Crippen LogP contribution in [0.3, 0.4) is 0 Å². The highest BCUT2D eigenvalue weighted by atomic mass is 32.1. The van der Waals surface area contributed by atoms with E-state index in [0.29, 0.717) is 29.5 Å². The van der Waals surface area contributed by atoms with Crippen LogP contribution in [0.1, 0.15) is 29.1 Å². The van der Waals surface area contributed by atoms with Crippen LogP contribution in [0.4, 0.5) is 11.6 Å². The third-order valence-electron chi connectivity index (χ3n) is 5.27. The van der Waals surface area contributed by atoms with Gasteiger partial charge in [-0.2, -0.15) is 0 Å². The molecule has 8 nitrogen and oxygen atoms in total. The number of esters is 1. The Morgan fingerprint density at radius 1 is 1.16 bits per heavy atom. The maximum atomic E-state index is 12.5. The first-order chi connectivity index (χ1) is 15.6. The Kier molecular flexibility index (Phi) is 7.06. The molecule has 1 amide bonds. The first-order valence-electron chi connectivity index (χ1n) is 10.6. The van der Waals surface area contributed by atoms with Crippen LogP contribution in [0.15, 0.2) is 48.1 Å². The molecule has 1 N–H and O–H groups in total. The van der Waals surface area contributed by atoms with Gasteiger partial charge >= 0.3 is 5.97 Å². The van der Waals surface area contributed by atoms with E-state index >= 15 is 0 Å². The van der Waals surface area contributed by atoms with Gasteiger partial charge in [-0.3, -0.25) is 9.59 Å². The van der Waals surface area contributed by atoms with Crippen molar-refractivity contribution < 1.29 is 14.3 Å². The molecular formula is C23H25N5O3S. The standard InChI is InChI=1S/C23H25N5O3S/c1-16-3-5-18(6-4-16)26-20(29)13-21-27-19(15-32-21)14-31-22(30)17-7-11-28(12-8-17)23-24-9-2-10-25-23/h2-6,9-10,15,17H,7-8,11-14H2,1H3,(H,26,29). The van der Waals surface area contributed by atoms with Crippen LogP contribution in [0, 0.1) is 12.8 Å². The van der Waals surface area contributed by atoms with Crippen molar-refractivity contribution in [1.29, 1.82) is 0 Å². The molecule has 1 aliphatic rings. The molecule has 1 fully saturated rings. The summed E-state index contributed by atoms with van der Waals surface area (Å²) in [6.45, 7) is 3.57. The molecule has 3 aromatic rings. The van der Waals surface area contributed by atoms with E-state index in [1.807, 2.05) is 36.6 Å². The van der Waals surface area contributed by atoms with Gasteiger partial charge < -0.3 is 15.0 Å². The molecule has 3 heterocycles. The Morgan fingerprint density at radius 2 is 1.88 bits per heavy atom. The summed E-state index contributed by atoms with van der Waals surface area (Å²) in [7, 11) is 0. The van der Waals surface area contributed by atoms with Crippen LogP contribution >= 0.6 is 11.3 Å². The van der Waals surface area contributed by atoms with Gasteiger partial charge in [-0.15, -0.1) is 11.3 Å². The van der Waals surface area contributed by atoms with Crippen LogP contribution in [0.2, 0.25) is 0 Å². The summed E-state index contributed by atoms with van der Waals surface area (Å²) in [6, 6.07) is 9.43. The highest BCUT2D eigenvalue weighted by molar-refractivity contribution is 7.09. The molecule has 0 unspecified atom stereocenters. The van der Waals surface area contributed by atoms with Gasteiger partial charge in [0, 0.05) is 36.6 Å². The number of aryl methyl sites for hydroxylation is 1. The molecule has 0 bridgehead atoms. The molecular weight excluding hydrogens is 426 g/mol. The summed E-state index contributed by atoms with van der Waals surface area (Å²) in [5.74, 6) is 0.236. The van der Waals surface area contributed by atoms with E-state index in [1.54, 1.807) is 18.5 Å². The summed E-state index contributed by atoms with van der Waals surface area (Å²) in [5.41, 5.74) is 2.56. The predicted octanol–water partition coefficient (Wildman–Crippen LogP) is 3.38. The number of hydrogen-bond acceptors (Lipinski definition) is 8. The van der Waals surface area contributed by atoms with Crippen molar-refractivity contribution in [2.24, 2.45) is 5.92 Å². The Bertz CT molecular complexity index is 1050. The smallest absolute Gasteiger partial charge is 0.309 e. The molecule has 0 saturated carbocycles. The average Bonchev–Trinajstić information content (AvgIpc) is 3.27. The van der Waals surface area contributed by atoms with Gasteiger partial charge in [-0.1, -0.05) is 17.7 Å². The molecule has 1 aliphatic heterocycles. The maximum Gasteiger partial charge on any atom is 0.309 e. The Balaban J connectivity index is 1.20. The quantitative estimate of drug-likeness (QED) is 0.550. The van der Waals surface area contributed by atoms with Gasteiger partial charge in [-0.05, 0) is 38.0 Å². The van der Waals surface area contributed by atoms with Crippen molar-refractivity contribution in [1.82, 2.24) is 15.0 Å². The molecule has 32 heavy (non-hydrogen) atoms. The molecule has 2 aromatic heterocycles. The fourth-order valence-corrected chi connectivity index (χ4v) is 4.29. The Morgan fingerprint density at radius 3 is 2.59 bits per heavy atom. The third kappa shape index (κ3) is 5.88. The first kappa shape index (κ1) is 21.9.